The Hall–Kier alpha value is -0.830. The largest absolute Gasteiger partial charge is 0.308 e. The van der Waals surface area contributed by atoms with E-state index in [-0.39, 0.29) is 0 Å². The van der Waals surface area contributed by atoms with E-state index in [0.717, 1.165) is 11.1 Å². The SMILES string of the molecule is N=Cc1ccc(CSF)cc1. The summed E-state index contributed by atoms with van der Waals surface area (Å²) in [5.74, 6) is 0.387. The van der Waals surface area contributed by atoms with Crippen molar-refractivity contribution in [3.05, 3.63) is 35.4 Å². The lowest BCUT2D eigenvalue weighted by atomic mass is 10.2. The summed E-state index contributed by atoms with van der Waals surface area (Å²) in [6, 6.07) is 7.26. The molecular weight excluding hydrogens is 161 g/mol. The number of benzene rings is 1. The number of hydrogen-bond donors (Lipinski definition) is 1. The predicted molar refractivity (Wildman–Crippen MR) is 46.7 cm³/mol. The van der Waals surface area contributed by atoms with Crippen LogP contribution < -0.4 is 0 Å². The first-order chi connectivity index (χ1) is 5.36. The summed E-state index contributed by atoms with van der Waals surface area (Å²) in [5, 5.41) is 6.91. The minimum absolute atomic E-state index is 0.311. The molecule has 0 aliphatic rings. The molecule has 0 aliphatic heterocycles. The van der Waals surface area contributed by atoms with Crippen molar-refractivity contribution < 1.29 is 3.89 Å². The second kappa shape index (κ2) is 4.13. The molecule has 1 nitrogen and oxygen atoms in total. The number of hydrogen-bond acceptors (Lipinski definition) is 2. The van der Waals surface area contributed by atoms with Crippen molar-refractivity contribution in [1.82, 2.24) is 0 Å². The summed E-state index contributed by atoms with van der Waals surface area (Å²) >= 11 is 0.311. The molecule has 0 bridgehead atoms. The van der Waals surface area contributed by atoms with Crippen LogP contribution in [0.4, 0.5) is 3.89 Å². The summed E-state index contributed by atoms with van der Waals surface area (Å²) in [5.41, 5.74) is 1.79. The molecule has 3 heteroatoms. The molecule has 0 saturated heterocycles. The van der Waals surface area contributed by atoms with Crippen LogP contribution in [0.5, 0.6) is 0 Å². The van der Waals surface area contributed by atoms with Crippen molar-refractivity contribution >= 4 is 18.4 Å². The number of nitrogens with one attached hydrogen (secondary N) is 1. The Morgan fingerprint density at radius 2 is 2.00 bits per heavy atom. The minimum Gasteiger partial charge on any atom is -0.308 e. The average molecular weight is 169 g/mol. The molecule has 0 spiro atoms. The molecule has 0 amide bonds. The van der Waals surface area contributed by atoms with E-state index < -0.39 is 0 Å². The highest BCUT2D eigenvalue weighted by molar-refractivity contribution is 7.93. The second-order valence-electron chi connectivity index (χ2n) is 2.14. The van der Waals surface area contributed by atoms with E-state index in [1.165, 1.54) is 6.21 Å². The highest BCUT2D eigenvalue weighted by Crippen LogP contribution is 2.12. The van der Waals surface area contributed by atoms with Gasteiger partial charge in [0.25, 0.3) is 0 Å². The van der Waals surface area contributed by atoms with Gasteiger partial charge in [-0.25, -0.2) is 0 Å². The maximum atomic E-state index is 11.7. The molecule has 58 valence electrons. The zero-order valence-electron chi connectivity index (χ0n) is 5.88. The van der Waals surface area contributed by atoms with Crippen LogP contribution in [0.3, 0.4) is 0 Å². The molecule has 0 radical (unpaired) electrons. The highest BCUT2D eigenvalue weighted by atomic mass is 32.2. The van der Waals surface area contributed by atoms with Crippen LogP contribution in [0.25, 0.3) is 0 Å². The number of rotatable bonds is 3. The zero-order chi connectivity index (χ0) is 8.10. The quantitative estimate of drug-likeness (QED) is 0.691. The van der Waals surface area contributed by atoms with Crippen molar-refractivity contribution in [2.24, 2.45) is 0 Å². The van der Waals surface area contributed by atoms with Crippen LogP contribution in [-0.4, -0.2) is 6.21 Å². The topological polar surface area (TPSA) is 23.9 Å². The van der Waals surface area contributed by atoms with E-state index in [0.29, 0.717) is 17.9 Å². The van der Waals surface area contributed by atoms with Gasteiger partial charge >= 0.3 is 0 Å². The molecule has 11 heavy (non-hydrogen) atoms. The molecule has 1 aromatic rings. The highest BCUT2D eigenvalue weighted by Gasteiger charge is 1.91. The first-order valence-electron chi connectivity index (χ1n) is 3.20. The summed E-state index contributed by atoms with van der Waals surface area (Å²) in [6.45, 7) is 0. The van der Waals surface area contributed by atoms with Crippen molar-refractivity contribution in [2.45, 2.75) is 5.75 Å². The summed E-state index contributed by atoms with van der Waals surface area (Å²) < 4.78 is 11.7. The molecule has 0 heterocycles. The monoisotopic (exact) mass is 169 g/mol. The van der Waals surface area contributed by atoms with E-state index in [1.54, 1.807) is 12.1 Å². The van der Waals surface area contributed by atoms with E-state index in [4.69, 9.17) is 5.41 Å². The summed E-state index contributed by atoms with van der Waals surface area (Å²) in [4.78, 5) is 0. The molecule has 1 rings (SSSR count). The minimum atomic E-state index is 0.311. The van der Waals surface area contributed by atoms with E-state index in [2.05, 4.69) is 0 Å². The van der Waals surface area contributed by atoms with Gasteiger partial charge in [0.15, 0.2) is 0 Å². The van der Waals surface area contributed by atoms with Gasteiger partial charge in [-0.3, -0.25) is 0 Å². The van der Waals surface area contributed by atoms with E-state index in [9.17, 15) is 3.89 Å². The Kier molecular flexibility index (Phi) is 3.11. The molecule has 0 saturated carbocycles. The molecule has 1 N–H and O–H groups in total. The van der Waals surface area contributed by atoms with Gasteiger partial charge in [-0.05, 0) is 11.1 Å². The lowest BCUT2D eigenvalue weighted by molar-refractivity contribution is 0.933. The smallest absolute Gasteiger partial charge is 0.0501 e. The fraction of sp³-hybridized carbons (Fsp3) is 0.125. The van der Waals surface area contributed by atoms with Crippen LogP contribution in [0.1, 0.15) is 11.1 Å². The molecule has 0 fully saturated rings. The Labute approximate surface area is 69.4 Å². The lowest BCUT2D eigenvalue weighted by Gasteiger charge is -1.95. The predicted octanol–water partition coefficient (Wildman–Crippen LogP) is 2.80. The Morgan fingerprint density at radius 1 is 1.36 bits per heavy atom. The molecule has 0 aliphatic carbocycles. The average Bonchev–Trinajstić information content (AvgIpc) is 2.07. The lowest BCUT2D eigenvalue weighted by Crippen LogP contribution is -1.81. The molecule has 0 unspecified atom stereocenters. The Bertz CT molecular complexity index is 232. The molecular formula is C8H8FNS. The maximum Gasteiger partial charge on any atom is 0.0501 e. The Morgan fingerprint density at radius 3 is 2.45 bits per heavy atom. The zero-order valence-corrected chi connectivity index (χ0v) is 6.70. The first kappa shape index (κ1) is 8.27. The van der Waals surface area contributed by atoms with Gasteiger partial charge in [-0.1, -0.05) is 24.3 Å². The molecule has 0 aromatic heterocycles. The van der Waals surface area contributed by atoms with Crippen LogP contribution in [0.15, 0.2) is 24.3 Å². The fourth-order valence-electron chi connectivity index (χ4n) is 0.773. The van der Waals surface area contributed by atoms with Gasteiger partial charge in [-0.15, -0.1) is 0 Å². The fourth-order valence-corrected chi connectivity index (χ4v) is 1.09. The normalized spacial score (nSPS) is 9.55. The van der Waals surface area contributed by atoms with Gasteiger partial charge in [0, 0.05) is 18.4 Å². The first-order valence-corrected chi connectivity index (χ1v) is 4.08. The summed E-state index contributed by atoms with van der Waals surface area (Å²) in [6.07, 6.45) is 1.27. The van der Waals surface area contributed by atoms with Gasteiger partial charge in [-0.2, -0.15) is 3.89 Å². The Balaban J connectivity index is 2.74. The van der Waals surface area contributed by atoms with Crippen LogP contribution in [0.2, 0.25) is 0 Å². The number of halogens is 1. The van der Waals surface area contributed by atoms with Gasteiger partial charge in [0.1, 0.15) is 0 Å². The van der Waals surface area contributed by atoms with Crippen molar-refractivity contribution in [2.75, 3.05) is 0 Å². The maximum absolute atomic E-state index is 11.7. The molecule has 1 aromatic carbocycles. The third-order valence-electron chi connectivity index (χ3n) is 1.37. The third-order valence-corrected chi connectivity index (χ3v) is 1.81. The second-order valence-corrected chi connectivity index (χ2v) is 2.65. The standard InChI is InChI=1S/C8H8FNS/c9-11-6-8-3-1-7(5-10)2-4-8/h1-5,10H,6H2. The van der Waals surface area contributed by atoms with Gasteiger partial charge in [0.05, 0.1) is 5.75 Å². The van der Waals surface area contributed by atoms with Gasteiger partial charge < -0.3 is 5.41 Å². The van der Waals surface area contributed by atoms with Crippen LogP contribution in [-0.2, 0) is 5.75 Å². The third kappa shape index (κ3) is 2.35. The van der Waals surface area contributed by atoms with Crippen molar-refractivity contribution in [3.8, 4) is 0 Å². The van der Waals surface area contributed by atoms with E-state index >= 15 is 0 Å². The van der Waals surface area contributed by atoms with E-state index in [1.807, 2.05) is 12.1 Å². The van der Waals surface area contributed by atoms with Gasteiger partial charge in [0.2, 0.25) is 0 Å². The van der Waals surface area contributed by atoms with Crippen LogP contribution in [0, 0.1) is 5.41 Å². The summed E-state index contributed by atoms with van der Waals surface area (Å²) in [7, 11) is 0. The van der Waals surface area contributed by atoms with Crippen LogP contribution >= 0.6 is 12.1 Å². The van der Waals surface area contributed by atoms with Crippen molar-refractivity contribution in [3.63, 3.8) is 0 Å². The molecule has 0 atom stereocenters. The van der Waals surface area contributed by atoms with Crippen molar-refractivity contribution in [1.29, 1.82) is 5.41 Å².